The molecule has 1 atom stereocenters. The second-order valence-electron chi connectivity index (χ2n) is 4.28. The van der Waals surface area contributed by atoms with Gasteiger partial charge < -0.3 is 15.6 Å². The van der Waals surface area contributed by atoms with E-state index in [1.165, 1.54) is 4.90 Å². The zero-order valence-electron chi connectivity index (χ0n) is 10.8. The Kier molecular flexibility index (Phi) is 4.39. The van der Waals surface area contributed by atoms with Crippen LogP contribution in [0.4, 0.5) is 0 Å². The van der Waals surface area contributed by atoms with Crippen LogP contribution in [0.25, 0.3) is 6.08 Å². The fourth-order valence-electron chi connectivity index (χ4n) is 1.89. The Morgan fingerprint density at radius 3 is 2.65 bits per heavy atom. The van der Waals surface area contributed by atoms with Gasteiger partial charge in [-0.25, -0.2) is 4.99 Å². The summed E-state index contributed by atoms with van der Waals surface area (Å²) >= 11 is 0. The number of aldehydes is 1. The molecule has 0 saturated heterocycles. The lowest BCUT2D eigenvalue weighted by molar-refractivity contribution is -0.124. The summed E-state index contributed by atoms with van der Waals surface area (Å²) in [6.07, 6.45) is 2.22. The van der Waals surface area contributed by atoms with E-state index in [0.29, 0.717) is 6.29 Å². The van der Waals surface area contributed by atoms with Crippen molar-refractivity contribution < 1.29 is 14.7 Å². The quantitative estimate of drug-likeness (QED) is 0.573. The Balaban J connectivity index is 2.35. The molecular weight excluding hydrogens is 258 g/mol. The molecule has 1 aliphatic rings. The molecule has 1 aliphatic heterocycles. The summed E-state index contributed by atoms with van der Waals surface area (Å²) in [5.41, 5.74) is 6.73. The minimum atomic E-state index is -0.791. The van der Waals surface area contributed by atoms with Crippen LogP contribution in [0.3, 0.4) is 0 Å². The van der Waals surface area contributed by atoms with Crippen LogP contribution in [0.2, 0.25) is 0 Å². The summed E-state index contributed by atoms with van der Waals surface area (Å²) in [4.78, 5) is 28.2. The van der Waals surface area contributed by atoms with Crippen molar-refractivity contribution in [1.82, 2.24) is 4.90 Å². The molecule has 0 unspecified atom stereocenters. The lowest BCUT2D eigenvalue weighted by Gasteiger charge is -2.18. The van der Waals surface area contributed by atoms with Crippen molar-refractivity contribution in [2.24, 2.45) is 10.7 Å². The first-order chi connectivity index (χ1) is 9.67. The minimum absolute atomic E-state index is 0.127. The molecule has 104 valence electrons. The second kappa shape index (κ2) is 6.23. The van der Waals surface area contributed by atoms with Gasteiger partial charge in [-0.15, -0.1) is 0 Å². The van der Waals surface area contributed by atoms with Crippen LogP contribution >= 0.6 is 0 Å². The van der Waals surface area contributed by atoms with Gasteiger partial charge >= 0.3 is 0 Å². The Hall–Kier alpha value is -2.31. The Labute approximate surface area is 116 Å². The normalized spacial score (nSPS) is 18.3. The van der Waals surface area contributed by atoms with Gasteiger partial charge in [-0.3, -0.25) is 9.69 Å². The lowest BCUT2D eigenvalue weighted by Crippen LogP contribution is -2.46. The molecule has 6 heteroatoms. The summed E-state index contributed by atoms with van der Waals surface area (Å²) in [6, 6.07) is 8.44. The minimum Gasteiger partial charge on any atom is -0.394 e. The predicted octanol–water partition coefficient (Wildman–Crippen LogP) is -0.213. The molecule has 1 aromatic carbocycles. The molecule has 0 radical (unpaired) electrons. The van der Waals surface area contributed by atoms with Gasteiger partial charge in [0.05, 0.1) is 19.2 Å². The number of rotatable bonds is 5. The molecule has 6 nitrogen and oxygen atoms in total. The molecule has 0 bridgehead atoms. The number of nitrogens with two attached hydrogens (primary N) is 1. The van der Waals surface area contributed by atoms with Crippen LogP contribution in [0, 0.1) is 0 Å². The van der Waals surface area contributed by atoms with E-state index < -0.39 is 6.04 Å². The van der Waals surface area contributed by atoms with Crippen LogP contribution in [0.1, 0.15) is 5.56 Å². The van der Waals surface area contributed by atoms with Crippen LogP contribution in [-0.4, -0.2) is 47.2 Å². The maximum atomic E-state index is 12.2. The summed E-state index contributed by atoms with van der Waals surface area (Å²) in [5, 5.41) is 9.09. The third-order valence-electron chi connectivity index (χ3n) is 2.86. The number of amides is 1. The average Bonchev–Trinajstić information content (AvgIpc) is 2.77. The van der Waals surface area contributed by atoms with Crippen molar-refractivity contribution in [2.75, 3.05) is 13.2 Å². The highest BCUT2D eigenvalue weighted by Crippen LogP contribution is 2.18. The first kappa shape index (κ1) is 14.1. The third-order valence-corrected chi connectivity index (χ3v) is 2.86. The monoisotopic (exact) mass is 273 g/mol. The molecule has 1 heterocycles. The predicted molar refractivity (Wildman–Crippen MR) is 74.7 cm³/mol. The molecule has 2 rings (SSSR count). The fraction of sp³-hybridized carbons (Fsp3) is 0.214. The number of aliphatic hydroxyl groups excluding tert-OH is 1. The number of hydrogen-bond acceptors (Lipinski definition) is 5. The largest absolute Gasteiger partial charge is 0.394 e. The number of aliphatic hydroxyl groups is 1. The van der Waals surface area contributed by atoms with E-state index in [1.807, 2.05) is 30.3 Å². The topological polar surface area (TPSA) is 96.0 Å². The van der Waals surface area contributed by atoms with Crippen molar-refractivity contribution in [3.05, 3.63) is 41.6 Å². The van der Waals surface area contributed by atoms with Gasteiger partial charge in [0.15, 0.2) is 0 Å². The molecule has 20 heavy (non-hydrogen) atoms. The molecule has 3 N–H and O–H groups in total. The van der Waals surface area contributed by atoms with Crippen molar-refractivity contribution in [3.8, 4) is 0 Å². The molecule has 0 saturated carbocycles. The van der Waals surface area contributed by atoms with Crippen molar-refractivity contribution in [2.45, 2.75) is 6.04 Å². The first-order valence-corrected chi connectivity index (χ1v) is 6.14. The summed E-state index contributed by atoms with van der Waals surface area (Å²) in [7, 11) is 0. The first-order valence-electron chi connectivity index (χ1n) is 6.14. The van der Waals surface area contributed by atoms with E-state index in [9.17, 15) is 9.59 Å². The van der Waals surface area contributed by atoms with Crippen LogP contribution in [0.15, 0.2) is 41.0 Å². The van der Waals surface area contributed by atoms with E-state index in [1.54, 1.807) is 6.08 Å². The molecule has 0 fully saturated rings. The Bertz CT molecular complexity index is 566. The van der Waals surface area contributed by atoms with E-state index in [0.717, 1.165) is 5.56 Å². The highest BCUT2D eigenvalue weighted by atomic mass is 16.3. The maximum absolute atomic E-state index is 12.2. The fourth-order valence-corrected chi connectivity index (χ4v) is 1.89. The zero-order valence-corrected chi connectivity index (χ0v) is 10.8. The molecular formula is C14H15N3O3. The van der Waals surface area contributed by atoms with Gasteiger partial charge in [0, 0.05) is 0 Å². The van der Waals surface area contributed by atoms with E-state index in [4.69, 9.17) is 10.8 Å². The second-order valence-corrected chi connectivity index (χ2v) is 4.28. The molecule has 0 aliphatic carbocycles. The van der Waals surface area contributed by atoms with Gasteiger partial charge in [-0.2, -0.15) is 0 Å². The number of carbonyl (C=O) groups is 2. The lowest BCUT2D eigenvalue weighted by atomic mass is 10.2. The molecule has 0 aromatic heterocycles. The average molecular weight is 273 g/mol. The smallest absolute Gasteiger partial charge is 0.278 e. The van der Waals surface area contributed by atoms with E-state index in [2.05, 4.69) is 4.99 Å². The Morgan fingerprint density at radius 2 is 2.05 bits per heavy atom. The summed E-state index contributed by atoms with van der Waals surface area (Å²) in [6.45, 7) is -0.475. The maximum Gasteiger partial charge on any atom is 0.278 e. The van der Waals surface area contributed by atoms with E-state index >= 15 is 0 Å². The van der Waals surface area contributed by atoms with Gasteiger partial charge in [0.25, 0.3) is 5.91 Å². The van der Waals surface area contributed by atoms with Crippen LogP contribution in [-0.2, 0) is 9.59 Å². The number of aliphatic imine (C=N–C) groups is 1. The highest BCUT2D eigenvalue weighted by molar-refractivity contribution is 6.16. The third kappa shape index (κ3) is 2.81. The van der Waals surface area contributed by atoms with Crippen molar-refractivity contribution in [1.29, 1.82) is 0 Å². The number of hydrogen-bond donors (Lipinski definition) is 2. The number of carbonyl (C=O) groups excluding carboxylic acids is 2. The Morgan fingerprint density at radius 1 is 1.35 bits per heavy atom. The summed E-state index contributed by atoms with van der Waals surface area (Å²) < 4.78 is 0. The van der Waals surface area contributed by atoms with Crippen LogP contribution < -0.4 is 5.73 Å². The highest BCUT2D eigenvalue weighted by Gasteiger charge is 2.32. The zero-order chi connectivity index (χ0) is 14.5. The van der Waals surface area contributed by atoms with E-state index in [-0.39, 0.29) is 30.6 Å². The molecule has 1 aromatic rings. The standard InChI is InChI=1S/C14H15N3O3/c15-11(9-19)13-16-12(14(20)17(13)6-7-18)8-10-4-2-1-3-5-10/h1-5,7-8,11,19H,6,9,15H2/b12-8+/t11-/m0/s1. The van der Waals surface area contributed by atoms with Crippen molar-refractivity contribution in [3.63, 3.8) is 0 Å². The van der Waals surface area contributed by atoms with Gasteiger partial charge in [0.1, 0.15) is 17.8 Å². The van der Waals surface area contributed by atoms with Crippen LogP contribution in [0.5, 0.6) is 0 Å². The number of benzene rings is 1. The van der Waals surface area contributed by atoms with Crippen molar-refractivity contribution >= 4 is 24.1 Å². The summed E-state index contributed by atoms with van der Waals surface area (Å²) in [5.74, 6) is -0.174. The van der Waals surface area contributed by atoms with Gasteiger partial charge in [0.2, 0.25) is 0 Å². The molecule has 1 amide bonds. The van der Waals surface area contributed by atoms with Gasteiger partial charge in [-0.1, -0.05) is 30.3 Å². The number of amidine groups is 1. The molecule has 0 spiro atoms. The number of nitrogens with zero attached hydrogens (tertiary/aromatic N) is 2. The SMILES string of the molecule is N[C@@H](CO)C1=N/C(=C/c2ccccc2)C(=O)N1CC=O. The van der Waals surface area contributed by atoms with Gasteiger partial charge in [-0.05, 0) is 11.6 Å².